The molecule has 0 aliphatic carbocycles. The Hall–Kier alpha value is -3.40. The maximum Gasteiger partial charge on any atom is 0.229 e. The summed E-state index contributed by atoms with van der Waals surface area (Å²) in [5.74, 6) is -0.378. The molecule has 152 valence electrons. The molecule has 0 saturated carbocycles. The van der Waals surface area contributed by atoms with E-state index < -0.39 is 0 Å². The largest absolute Gasteiger partial charge is 0.338 e. The van der Waals surface area contributed by atoms with E-state index in [2.05, 4.69) is 17.4 Å². The number of hydrogen-bond donors (Lipinski definition) is 1. The van der Waals surface area contributed by atoms with E-state index in [0.29, 0.717) is 13.1 Å². The Kier molecular flexibility index (Phi) is 5.94. The smallest absolute Gasteiger partial charge is 0.229 e. The molecule has 1 atom stereocenters. The normalized spacial score (nSPS) is 16.0. The summed E-state index contributed by atoms with van der Waals surface area (Å²) < 4.78 is 0. The minimum absolute atomic E-state index is 0.0355. The number of rotatable bonds is 6. The van der Waals surface area contributed by atoms with Gasteiger partial charge in [0.15, 0.2) is 0 Å². The lowest BCUT2D eigenvalue weighted by Gasteiger charge is -2.17. The SMILES string of the molecule is Cc1ccc(CN2CC(C(=O)Nc3ccccc3Cc3ccccc3)CC2=O)cc1. The maximum atomic E-state index is 12.9. The number of hydrogen-bond acceptors (Lipinski definition) is 2. The summed E-state index contributed by atoms with van der Waals surface area (Å²) in [5, 5.41) is 3.07. The number of carbonyl (C=O) groups is 2. The Balaban J connectivity index is 1.41. The molecule has 3 aromatic carbocycles. The first kappa shape index (κ1) is 19.9. The van der Waals surface area contributed by atoms with Crippen molar-refractivity contribution in [2.75, 3.05) is 11.9 Å². The van der Waals surface area contributed by atoms with Crippen molar-refractivity contribution in [2.45, 2.75) is 26.3 Å². The minimum Gasteiger partial charge on any atom is -0.338 e. The summed E-state index contributed by atoms with van der Waals surface area (Å²) in [6.45, 7) is 3.05. The van der Waals surface area contributed by atoms with Gasteiger partial charge in [0.05, 0.1) is 5.92 Å². The van der Waals surface area contributed by atoms with Crippen LogP contribution in [-0.2, 0) is 22.6 Å². The third-order valence-electron chi connectivity index (χ3n) is 5.59. The van der Waals surface area contributed by atoms with Crippen molar-refractivity contribution in [3.05, 3.63) is 101 Å². The zero-order valence-electron chi connectivity index (χ0n) is 17.2. The number of aryl methyl sites for hydroxylation is 1. The van der Waals surface area contributed by atoms with Gasteiger partial charge in [-0.05, 0) is 36.1 Å². The molecular formula is C26H26N2O2. The average Bonchev–Trinajstić information content (AvgIpc) is 3.12. The standard InChI is InChI=1S/C26H26N2O2/c1-19-11-13-21(14-12-19)17-28-18-23(16-25(28)29)26(30)27-24-10-6-5-9-22(24)15-20-7-3-2-4-8-20/h2-14,23H,15-18H2,1H3,(H,27,30). The molecule has 0 bridgehead atoms. The third kappa shape index (κ3) is 4.77. The molecule has 4 rings (SSSR count). The summed E-state index contributed by atoms with van der Waals surface area (Å²) in [5.41, 5.74) is 5.36. The number of anilines is 1. The Bertz CT molecular complexity index is 1030. The van der Waals surface area contributed by atoms with E-state index in [9.17, 15) is 9.59 Å². The highest BCUT2D eigenvalue weighted by Gasteiger charge is 2.34. The van der Waals surface area contributed by atoms with Crippen molar-refractivity contribution in [2.24, 2.45) is 5.92 Å². The van der Waals surface area contributed by atoms with Crippen LogP contribution < -0.4 is 5.32 Å². The molecule has 1 N–H and O–H groups in total. The molecule has 1 saturated heterocycles. The van der Waals surface area contributed by atoms with Crippen LogP contribution >= 0.6 is 0 Å². The van der Waals surface area contributed by atoms with Crippen molar-refractivity contribution in [3.8, 4) is 0 Å². The Morgan fingerprint density at radius 2 is 1.63 bits per heavy atom. The van der Waals surface area contributed by atoms with Crippen LogP contribution in [0, 0.1) is 12.8 Å². The van der Waals surface area contributed by atoms with Crippen molar-refractivity contribution in [1.29, 1.82) is 0 Å². The number of carbonyl (C=O) groups excluding carboxylic acids is 2. The lowest BCUT2D eigenvalue weighted by Crippen LogP contribution is -2.28. The highest BCUT2D eigenvalue weighted by Crippen LogP contribution is 2.24. The second-order valence-corrected chi connectivity index (χ2v) is 7.97. The molecule has 4 nitrogen and oxygen atoms in total. The van der Waals surface area contributed by atoms with Gasteiger partial charge in [-0.2, -0.15) is 0 Å². The highest BCUT2D eigenvalue weighted by molar-refractivity contribution is 5.97. The van der Waals surface area contributed by atoms with E-state index in [-0.39, 0.29) is 24.2 Å². The molecule has 1 heterocycles. The van der Waals surface area contributed by atoms with E-state index >= 15 is 0 Å². The molecule has 2 amide bonds. The summed E-state index contributed by atoms with van der Waals surface area (Å²) >= 11 is 0. The Morgan fingerprint density at radius 1 is 0.933 bits per heavy atom. The van der Waals surface area contributed by atoms with Gasteiger partial charge in [-0.25, -0.2) is 0 Å². The predicted octanol–water partition coefficient (Wildman–Crippen LogP) is 4.57. The van der Waals surface area contributed by atoms with Crippen LogP contribution in [0.2, 0.25) is 0 Å². The zero-order valence-corrected chi connectivity index (χ0v) is 17.2. The lowest BCUT2D eigenvalue weighted by atomic mass is 10.0. The summed E-state index contributed by atoms with van der Waals surface area (Å²) in [4.78, 5) is 27.2. The van der Waals surface area contributed by atoms with Gasteiger partial charge in [0, 0.05) is 25.2 Å². The molecule has 1 aliphatic rings. The maximum absolute atomic E-state index is 12.9. The topological polar surface area (TPSA) is 49.4 Å². The van der Waals surface area contributed by atoms with Gasteiger partial charge in [0.1, 0.15) is 0 Å². The second-order valence-electron chi connectivity index (χ2n) is 7.97. The van der Waals surface area contributed by atoms with E-state index in [1.54, 1.807) is 4.90 Å². The number of benzene rings is 3. The van der Waals surface area contributed by atoms with Gasteiger partial charge in [-0.1, -0.05) is 78.4 Å². The molecule has 30 heavy (non-hydrogen) atoms. The van der Waals surface area contributed by atoms with Gasteiger partial charge in [-0.3, -0.25) is 9.59 Å². The molecule has 1 aliphatic heterocycles. The van der Waals surface area contributed by atoms with Crippen LogP contribution in [0.15, 0.2) is 78.9 Å². The van der Waals surface area contributed by atoms with Crippen LogP contribution in [0.3, 0.4) is 0 Å². The molecule has 1 fully saturated rings. The van der Waals surface area contributed by atoms with Crippen LogP contribution in [0.25, 0.3) is 0 Å². The van der Waals surface area contributed by atoms with Crippen LogP contribution in [0.5, 0.6) is 0 Å². The van der Waals surface area contributed by atoms with E-state index in [1.165, 1.54) is 11.1 Å². The lowest BCUT2D eigenvalue weighted by molar-refractivity contribution is -0.128. The fourth-order valence-corrected chi connectivity index (χ4v) is 3.86. The van der Waals surface area contributed by atoms with Gasteiger partial charge < -0.3 is 10.2 Å². The van der Waals surface area contributed by atoms with Crippen LogP contribution in [0.4, 0.5) is 5.69 Å². The van der Waals surface area contributed by atoms with Gasteiger partial charge in [0.2, 0.25) is 11.8 Å². The van der Waals surface area contributed by atoms with Gasteiger partial charge in [-0.15, -0.1) is 0 Å². The molecule has 1 unspecified atom stereocenters. The first-order valence-corrected chi connectivity index (χ1v) is 10.3. The van der Waals surface area contributed by atoms with Crippen molar-refractivity contribution >= 4 is 17.5 Å². The number of likely N-dealkylation sites (tertiary alicyclic amines) is 1. The second kappa shape index (κ2) is 8.95. The quantitative estimate of drug-likeness (QED) is 0.661. The fourth-order valence-electron chi connectivity index (χ4n) is 3.86. The van der Waals surface area contributed by atoms with Crippen molar-refractivity contribution < 1.29 is 9.59 Å². The summed E-state index contributed by atoms with van der Waals surface area (Å²) in [6, 6.07) is 26.2. The average molecular weight is 399 g/mol. The van der Waals surface area contributed by atoms with Gasteiger partial charge >= 0.3 is 0 Å². The Labute approximate surface area is 177 Å². The first-order chi connectivity index (χ1) is 14.6. The number of nitrogens with zero attached hydrogens (tertiary/aromatic N) is 1. The first-order valence-electron chi connectivity index (χ1n) is 10.3. The summed E-state index contributed by atoms with van der Waals surface area (Å²) in [7, 11) is 0. The predicted molar refractivity (Wildman–Crippen MR) is 119 cm³/mol. The molecule has 0 aromatic heterocycles. The van der Waals surface area contributed by atoms with E-state index in [1.807, 2.05) is 73.7 Å². The van der Waals surface area contributed by atoms with Crippen molar-refractivity contribution in [1.82, 2.24) is 4.90 Å². The van der Waals surface area contributed by atoms with E-state index in [0.717, 1.165) is 23.2 Å². The fraction of sp³-hybridized carbons (Fsp3) is 0.231. The van der Waals surface area contributed by atoms with Crippen LogP contribution in [-0.4, -0.2) is 23.3 Å². The number of para-hydroxylation sites is 1. The minimum atomic E-state index is -0.326. The van der Waals surface area contributed by atoms with E-state index in [4.69, 9.17) is 0 Å². The molecule has 4 heteroatoms. The molecule has 0 radical (unpaired) electrons. The molecule has 0 spiro atoms. The number of nitrogens with one attached hydrogen (secondary N) is 1. The van der Waals surface area contributed by atoms with Gasteiger partial charge in [0.25, 0.3) is 0 Å². The highest BCUT2D eigenvalue weighted by atomic mass is 16.2. The van der Waals surface area contributed by atoms with Crippen LogP contribution in [0.1, 0.15) is 28.7 Å². The molecular weight excluding hydrogens is 372 g/mol. The third-order valence-corrected chi connectivity index (χ3v) is 5.59. The Morgan fingerprint density at radius 3 is 2.40 bits per heavy atom. The monoisotopic (exact) mass is 398 g/mol. The summed E-state index contributed by atoms with van der Waals surface area (Å²) in [6.07, 6.45) is 1.01. The zero-order chi connectivity index (χ0) is 20.9. The molecule has 3 aromatic rings. The van der Waals surface area contributed by atoms with Crippen molar-refractivity contribution in [3.63, 3.8) is 0 Å². The number of amides is 2.